The Morgan fingerprint density at radius 1 is 1.00 bits per heavy atom. The minimum absolute atomic E-state index is 0.0167. The van der Waals surface area contributed by atoms with Crippen molar-refractivity contribution in [2.45, 2.75) is 32.2 Å². The lowest BCUT2D eigenvalue weighted by Crippen LogP contribution is -2.29. The number of aliphatic hydroxyl groups excluding tert-OH is 1. The number of halogens is 2. The van der Waals surface area contributed by atoms with E-state index in [1.165, 1.54) is 18.5 Å². The van der Waals surface area contributed by atoms with Crippen LogP contribution in [0.4, 0.5) is 14.5 Å². The molecule has 0 aliphatic carbocycles. The standard InChI is InChI=1S/C27H24F2N2O4/c1-27(2,3)18-13-16(5-8-21(18)35-4)24(32)22-23(15-9-11-30-12-10-15)31(26(34)25(22)33)17-6-7-19(28)20(29)14-17/h5-14,23,32H,1-4H3/b24-22-. The SMILES string of the molecule is COc1ccc(/C(O)=C2/C(=O)C(=O)N(c3ccc(F)c(F)c3)C2c2ccncc2)cc1C(C)(C)C. The molecule has 1 aromatic heterocycles. The zero-order valence-electron chi connectivity index (χ0n) is 19.7. The summed E-state index contributed by atoms with van der Waals surface area (Å²) >= 11 is 0. The van der Waals surface area contributed by atoms with Crippen LogP contribution in [0.1, 0.15) is 43.5 Å². The Kier molecular flexibility index (Phi) is 6.15. The van der Waals surface area contributed by atoms with Crippen molar-refractivity contribution in [1.82, 2.24) is 4.98 Å². The van der Waals surface area contributed by atoms with Crippen molar-refractivity contribution < 1.29 is 28.2 Å². The molecule has 2 aromatic carbocycles. The van der Waals surface area contributed by atoms with Crippen LogP contribution < -0.4 is 9.64 Å². The molecule has 6 nitrogen and oxygen atoms in total. The van der Waals surface area contributed by atoms with Crippen LogP contribution in [0, 0.1) is 11.6 Å². The highest BCUT2D eigenvalue weighted by Crippen LogP contribution is 2.43. The molecule has 2 heterocycles. The number of amides is 1. The van der Waals surface area contributed by atoms with Crippen LogP contribution in [0.3, 0.4) is 0 Å². The summed E-state index contributed by atoms with van der Waals surface area (Å²) in [6.45, 7) is 5.94. The minimum Gasteiger partial charge on any atom is -0.507 e. The Morgan fingerprint density at radius 2 is 1.69 bits per heavy atom. The maximum absolute atomic E-state index is 14.1. The monoisotopic (exact) mass is 478 g/mol. The van der Waals surface area contributed by atoms with Crippen LogP contribution in [0.25, 0.3) is 5.76 Å². The zero-order chi connectivity index (χ0) is 25.5. The van der Waals surface area contributed by atoms with Crippen LogP contribution in [0.5, 0.6) is 5.75 Å². The van der Waals surface area contributed by atoms with E-state index in [2.05, 4.69) is 4.98 Å². The van der Waals surface area contributed by atoms with E-state index in [0.717, 1.165) is 22.6 Å². The number of anilines is 1. The molecule has 1 aliphatic rings. The molecule has 0 saturated carbocycles. The molecule has 0 radical (unpaired) electrons. The first-order chi connectivity index (χ1) is 16.5. The topological polar surface area (TPSA) is 79.7 Å². The van der Waals surface area contributed by atoms with Gasteiger partial charge in [0.1, 0.15) is 11.5 Å². The van der Waals surface area contributed by atoms with E-state index < -0.39 is 29.4 Å². The molecule has 1 aliphatic heterocycles. The van der Waals surface area contributed by atoms with E-state index in [9.17, 15) is 23.5 Å². The van der Waals surface area contributed by atoms with Gasteiger partial charge in [0.25, 0.3) is 11.7 Å². The number of benzene rings is 2. The van der Waals surface area contributed by atoms with Gasteiger partial charge in [0, 0.05) is 35.3 Å². The highest BCUT2D eigenvalue weighted by molar-refractivity contribution is 6.51. The number of carbonyl (C=O) groups excluding carboxylic acids is 2. The number of aliphatic hydroxyl groups is 1. The lowest BCUT2D eigenvalue weighted by Gasteiger charge is -2.26. The Labute approximate surface area is 201 Å². The number of hydrogen-bond donors (Lipinski definition) is 1. The molecule has 35 heavy (non-hydrogen) atoms. The minimum atomic E-state index is -1.16. The molecule has 4 rings (SSSR count). The van der Waals surface area contributed by atoms with Crippen molar-refractivity contribution in [3.8, 4) is 5.75 Å². The van der Waals surface area contributed by atoms with E-state index in [1.807, 2.05) is 20.8 Å². The average Bonchev–Trinajstić information content (AvgIpc) is 3.10. The smallest absolute Gasteiger partial charge is 0.300 e. The number of nitrogens with zero attached hydrogens (tertiary/aromatic N) is 2. The number of pyridine rings is 1. The summed E-state index contributed by atoms with van der Waals surface area (Å²) in [5, 5.41) is 11.3. The fourth-order valence-electron chi connectivity index (χ4n) is 4.19. The van der Waals surface area contributed by atoms with E-state index in [-0.39, 0.29) is 22.4 Å². The quantitative estimate of drug-likeness (QED) is 0.313. The van der Waals surface area contributed by atoms with Crippen LogP contribution in [0.2, 0.25) is 0 Å². The van der Waals surface area contributed by atoms with Gasteiger partial charge < -0.3 is 9.84 Å². The molecule has 1 saturated heterocycles. The number of aromatic nitrogens is 1. The molecule has 3 aromatic rings. The van der Waals surface area contributed by atoms with Crippen LogP contribution in [0.15, 0.2) is 66.5 Å². The third kappa shape index (κ3) is 4.27. The Hall–Kier alpha value is -4.07. The van der Waals surface area contributed by atoms with Crippen molar-refractivity contribution in [1.29, 1.82) is 0 Å². The third-order valence-corrected chi connectivity index (χ3v) is 5.93. The van der Waals surface area contributed by atoms with Crippen LogP contribution in [-0.4, -0.2) is 28.9 Å². The predicted octanol–water partition coefficient (Wildman–Crippen LogP) is 5.29. The molecule has 1 unspecified atom stereocenters. The lowest BCUT2D eigenvalue weighted by atomic mass is 9.84. The highest BCUT2D eigenvalue weighted by Gasteiger charge is 2.47. The first-order valence-electron chi connectivity index (χ1n) is 10.9. The highest BCUT2D eigenvalue weighted by atomic mass is 19.2. The molecule has 1 atom stereocenters. The lowest BCUT2D eigenvalue weighted by molar-refractivity contribution is -0.132. The third-order valence-electron chi connectivity index (χ3n) is 5.93. The van der Waals surface area contributed by atoms with Gasteiger partial charge >= 0.3 is 0 Å². The first kappa shape index (κ1) is 24.1. The summed E-state index contributed by atoms with van der Waals surface area (Å²) < 4.78 is 33.1. The van der Waals surface area contributed by atoms with Gasteiger partial charge in [-0.15, -0.1) is 0 Å². The predicted molar refractivity (Wildman–Crippen MR) is 127 cm³/mol. The molecular formula is C27H24F2N2O4. The summed E-state index contributed by atoms with van der Waals surface area (Å²) in [5.74, 6) is -3.93. The van der Waals surface area contributed by atoms with Gasteiger partial charge in [0.05, 0.1) is 18.7 Å². The van der Waals surface area contributed by atoms with Gasteiger partial charge in [-0.05, 0) is 53.4 Å². The number of hydrogen-bond acceptors (Lipinski definition) is 5. The van der Waals surface area contributed by atoms with Crippen LogP contribution >= 0.6 is 0 Å². The zero-order valence-corrected chi connectivity index (χ0v) is 19.7. The van der Waals surface area contributed by atoms with Crippen LogP contribution in [-0.2, 0) is 15.0 Å². The second kappa shape index (κ2) is 8.94. The number of ether oxygens (including phenoxy) is 1. The fourth-order valence-corrected chi connectivity index (χ4v) is 4.19. The van der Waals surface area contributed by atoms with Crippen molar-refractivity contribution in [3.05, 3.63) is 94.8 Å². The average molecular weight is 478 g/mol. The van der Waals surface area contributed by atoms with E-state index in [0.29, 0.717) is 16.9 Å². The molecule has 180 valence electrons. The number of ketones is 1. The van der Waals surface area contributed by atoms with Crippen molar-refractivity contribution in [2.75, 3.05) is 12.0 Å². The van der Waals surface area contributed by atoms with Gasteiger partial charge in [-0.1, -0.05) is 20.8 Å². The Bertz CT molecular complexity index is 1350. The second-order valence-corrected chi connectivity index (χ2v) is 9.21. The van der Waals surface area contributed by atoms with E-state index in [4.69, 9.17) is 4.74 Å². The number of Topliss-reactive ketones (excluding diaryl/α,β-unsaturated/α-hetero) is 1. The first-order valence-corrected chi connectivity index (χ1v) is 10.9. The maximum Gasteiger partial charge on any atom is 0.300 e. The number of rotatable bonds is 4. The fraction of sp³-hybridized carbons (Fsp3) is 0.222. The van der Waals surface area contributed by atoms with Crippen molar-refractivity contribution in [3.63, 3.8) is 0 Å². The normalized spacial score (nSPS) is 17.7. The Morgan fingerprint density at radius 3 is 2.29 bits per heavy atom. The summed E-state index contributed by atoms with van der Waals surface area (Å²) in [4.78, 5) is 31.4. The molecule has 0 bridgehead atoms. The largest absolute Gasteiger partial charge is 0.507 e. The second-order valence-electron chi connectivity index (χ2n) is 9.21. The summed E-state index contributed by atoms with van der Waals surface area (Å²) in [7, 11) is 1.54. The van der Waals surface area contributed by atoms with Gasteiger partial charge in [0.15, 0.2) is 11.6 Å². The summed E-state index contributed by atoms with van der Waals surface area (Å²) in [5.41, 5.74) is 1.05. The van der Waals surface area contributed by atoms with E-state index in [1.54, 1.807) is 37.4 Å². The van der Waals surface area contributed by atoms with E-state index >= 15 is 0 Å². The summed E-state index contributed by atoms with van der Waals surface area (Å²) in [6.07, 6.45) is 2.96. The summed E-state index contributed by atoms with van der Waals surface area (Å²) in [6, 6.07) is 10.0. The molecule has 1 N–H and O–H groups in total. The number of methoxy groups -OCH3 is 1. The molecule has 1 fully saturated rings. The van der Waals surface area contributed by atoms with Gasteiger partial charge in [-0.25, -0.2) is 8.78 Å². The van der Waals surface area contributed by atoms with Crippen molar-refractivity contribution >= 4 is 23.1 Å². The maximum atomic E-state index is 14.1. The number of carbonyl (C=O) groups is 2. The van der Waals surface area contributed by atoms with Gasteiger partial charge in [0.2, 0.25) is 0 Å². The molecule has 1 amide bonds. The molecule has 8 heteroatoms. The van der Waals surface area contributed by atoms with Gasteiger partial charge in [-0.3, -0.25) is 19.5 Å². The van der Waals surface area contributed by atoms with Crippen molar-refractivity contribution in [2.24, 2.45) is 0 Å². The van der Waals surface area contributed by atoms with Gasteiger partial charge in [-0.2, -0.15) is 0 Å². The molecule has 0 spiro atoms. The molecular weight excluding hydrogens is 454 g/mol. The Balaban J connectivity index is 1.95.